The van der Waals surface area contributed by atoms with Crippen molar-refractivity contribution in [3.63, 3.8) is 0 Å². The molecule has 18 heavy (non-hydrogen) atoms. The van der Waals surface area contributed by atoms with Crippen LogP contribution in [-0.4, -0.2) is 30.5 Å². The lowest BCUT2D eigenvalue weighted by Gasteiger charge is -2.32. The van der Waals surface area contributed by atoms with Gasteiger partial charge in [-0.05, 0) is 38.4 Å². The summed E-state index contributed by atoms with van der Waals surface area (Å²) in [6.45, 7) is 2.36. The highest BCUT2D eigenvalue weighted by Crippen LogP contribution is 2.41. The molecule has 1 amide bonds. The van der Waals surface area contributed by atoms with Crippen LogP contribution in [-0.2, 0) is 4.79 Å². The fourth-order valence-electron chi connectivity index (χ4n) is 3.01. The molecule has 4 nitrogen and oxygen atoms in total. The summed E-state index contributed by atoms with van der Waals surface area (Å²) in [5, 5.41) is 3.27. The Balaban J connectivity index is 1.89. The number of piperidine rings is 1. The Bertz CT molecular complexity index is 471. The number of rotatable bonds is 1. The molecule has 1 N–H and O–H groups in total. The molecule has 3 rings (SSSR count). The Labute approximate surface area is 105 Å². The van der Waals surface area contributed by atoms with E-state index in [9.17, 15) is 9.18 Å². The van der Waals surface area contributed by atoms with E-state index in [0.29, 0.717) is 12.2 Å². The SMILES string of the molecule is O=C1N(c2ccncc2F)CCC12CCNCC2. The van der Waals surface area contributed by atoms with E-state index in [1.165, 1.54) is 6.20 Å². The standard InChI is InChI=1S/C13H16FN3O/c14-10-9-16-5-1-11(10)17-8-4-13(12(17)18)2-6-15-7-3-13/h1,5,9,15H,2-4,6-8H2. The van der Waals surface area contributed by atoms with E-state index < -0.39 is 5.82 Å². The first-order valence-electron chi connectivity index (χ1n) is 6.35. The first-order chi connectivity index (χ1) is 8.73. The predicted octanol–water partition coefficient (Wildman–Crippen LogP) is 1.33. The number of nitrogens with one attached hydrogen (secondary N) is 1. The van der Waals surface area contributed by atoms with Gasteiger partial charge in [0.15, 0.2) is 5.82 Å². The molecule has 0 unspecified atom stereocenters. The Hall–Kier alpha value is -1.49. The van der Waals surface area contributed by atoms with E-state index in [0.717, 1.165) is 38.5 Å². The summed E-state index contributed by atoms with van der Waals surface area (Å²) in [5.74, 6) is -0.342. The van der Waals surface area contributed by atoms with Crippen LogP contribution in [0.1, 0.15) is 19.3 Å². The van der Waals surface area contributed by atoms with Crippen LogP contribution >= 0.6 is 0 Å². The van der Waals surface area contributed by atoms with Crippen molar-refractivity contribution < 1.29 is 9.18 Å². The largest absolute Gasteiger partial charge is 0.317 e. The van der Waals surface area contributed by atoms with Gasteiger partial charge in [-0.2, -0.15) is 0 Å². The average Bonchev–Trinajstić information content (AvgIpc) is 2.69. The number of halogens is 1. The number of amides is 1. The van der Waals surface area contributed by atoms with Crippen LogP contribution in [0.25, 0.3) is 0 Å². The van der Waals surface area contributed by atoms with Gasteiger partial charge in [0.05, 0.1) is 17.3 Å². The highest BCUT2D eigenvalue weighted by molar-refractivity contribution is 6.00. The molecule has 1 aromatic heterocycles. The maximum absolute atomic E-state index is 13.7. The fraction of sp³-hybridized carbons (Fsp3) is 0.538. The molecule has 5 heteroatoms. The van der Waals surface area contributed by atoms with Crippen molar-refractivity contribution in [2.24, 2.45) is 5.41 Å². The zero-order valence-corrected chi connectivity index (χ0v) is 10.2. The smallest absolute Gasteiger partial charge is 0.233 e. The lowest BCUT2D eigenvalue weighted by Crippen LogP contribution is -2.42. The third kappa shape index (κ3) is 1.70. The number of pyridine rings is 1. The Kier molecular flexibility index (Phi) is 2.78. The molecule has 96 valence electrons. The topological polar surface area (TPSA) is 45.2 Å². The first-order valence-corrected chi connectivity index (χ1v) is 6.35. The van der Waals surface area contributed by atoms with Gasteiger partial charge in [-0.25, -0.2) is 4.39 Å². The molecule has 1 aromatic rings. The van der Waals surface area contributed by atoms with Crippen LogP contribution in [0.2, 0.25) is 0 Å². The Morgan fingerprint density at radius 2 is 2.11 bits per heavy atom. The lowest BCUT2D eigenvalue weighted by molar-refractivity contribution is -0.126. The number of carbonyl (C=O) groups is 1. The predicted molar refractivity (Wildman–Crippen MR) is 65.7 cm³/mol. The van der Waals surface area contributed by atoms with E-state index in [2.05, 4.69) is 10.3 Å². The molecule has 2 saturated heterocycles. The summed E-state index contributed by atoms with van der Waals surface area (Å²) < 4.78 is 13.7. The first kappa shape index (κ1) is 11.6. The normalized spacial score (nSPS) is 22.7. The van der Waals surface area contributed by atoms with Crippen molar-refractivity contribution in [1.82, 2.24) is 10.3 Å². The highest BCUT2D eigenvalue weighted by Gasteiger charge is 2.47. The molecular weight excluding hydrogens is 233 g/mol. The summed E-state index contributed by atoms with van der Waals surface area (Å²) in [5.41, 5.74) is 0.103. The van der Waals surface area contributed by atoms with Gasteiger partial charge in [0.1, 0.15) is 0 Å². The van der Waals surface area contributed by atoms with Gasteiger partial charge in [-0.15, -0.1) is 0 Å². The molecule has 0 atom stereocenters. The van der Waals surface area contributed by atoms with Crippen molar-refractivity contribution in [1.29, 1.82) is 0 Å². The minimum absolute atomic E-state index is 0.0779. The van der Waals surface area contributed by atoms with Crippen LogP contribution in [0.5, 0.6) is 0 Å². The highest BCUT2D eigenvalue weighted by atomic mass is 19.1. The van der Waals surface area contributed by atoms with Crippen LogP contribution in [0.15, 0.2) is 18.5 Å². The molecule has 1 spiro atoms. The van der Waals surface area contributed by atoms with Crippen molar-refractivity contribution >= 4 is 11.6 Å². The minimum atomic E-state index is -0.420. The number of hydrogen-bond donors (Lipinski definition) is 1. The summed E-state index contributed by atoms with van der Waals surface area (Å²) in [4.78, 5) is 17.9. The molecular formula is C13H16FN3O. The zero-order chi connectivity index (χ0) is 12.6. The van der Waals surface area contributed by atoms with Gasteiger partial charge in [-0.1, -0.05) is 0 Å². The quantitative estimate of drug-likeness (QED) is 0.816. The van der Waals surface area contributed by atoms with E-state index in [-0.39, 0.29) is 11.3 Å². The summed E-state index contributed by atoms with van der Waals surface area (Å²) in [7, 11) is 0. The summed E-state index contributed by atoms with van der Waals surface area (Å²) >= 11 is 0. The van der Waals surface area contributed by atoms with Crippen LogP contribution in [0.4, 0.5) is 10.1 Å². The number of hydrogen-bond acceptors (Lipinski definition) is 3. The Morgan fingerprint density at radius 3 is 2.83 bits per heavy atom. The molecule has 2 aliphatic heterocycles. The van der Waals surface area contributed by atoms with Crippen LogP contribution < -0.4 is 10.2 Å². The van der Waals surface area contributed by atoms with Crippen LogP contribution in [0, 0.1) is 11.2 Å². The second-order valence-electron chi connectivity index (χ2n) is 5.06. The third-order valence-electron chi connectivity index (χ3n) is 4.12. The molecule has 0 bridgehead atoms. The molecule has 3 heterocycles. The van der Waals surface area contributed by atoms with E-state index in [4.69, 9.17) is 0 Å². The summed E-state index contributed by atoms with van der Waals surface area (Å²) in [6, 6.07) is 1.58. The van der Waals surface area contributed by atoms with E-state index >= 15 is 0 Å². The van der Waals surface area contributed by atoms with Crippen molar-refractivity contribution in [3.8, 4) is 0 Å². The van der Waals surface area contributed by atoms with Gasteiger partial charge in [0.25, 0.3) is 0 Å². The monoisotopic (exact) mass is 249 g/mol. The minimum Gasteiger partial charge on any atom is -0.317 e. The third-order valence-corrected chi connectivity index (χ3v) is 4.12. The van der Waals surface area contributed by atoms with Gasteiger partial charge < -0.3 is 10.2 Å². The van der Waals surface area contributed by atoms with Crippen molar-refractivity contribution in [2.75, 3.05) is 24.5 Å². The molecule has 2 aliphatic rings. The average molecular weight is 249 g/mol. The maximum atomic E-state index is 13.7. The Morgan fingerprint density at radius 1 is 1.33 bits per heavy atom. The van der Waals surface area contributed by atoms with Crippen molar-refractivity contribution in [3.05, 3.63) is 24.3 Å². The van der Waals surface area contributed by atoms with Gasteiger partial charge in [-0.3, -0.25) is 9.78 Å². The molecule has 0 aliphatic carbocycles. The van der Waals surface area contributed by atoms with Crippen molar-refractivity contribution in [2.45, 2.75) is 19.3 Å². The second-order valence-corrected chi connectivity index (χ2v) is 5.06. The second kappa shape index (κ2) is 4.31. The summed E-state index contributed by atoms with van der Waals surface area (Å²) in [6.07, 6.45) is 5.23. The van der Waals surface area contributed by atoms with E-state index in [1.807, 2.05) is 0 Å². The molecule has 0 saturated carbocycles. The lowest BCUT2D eigenvalue weighted by atomic mass is 9.78. The van der Waals surface area contributed by atoms with Gasteiger partial charge >= 0.3 is 0 Å². The molecule has 0 radical (unpaired) electrons. The van der Waals surface area contributed by atoms with Crippen LogP contribution in [0.3, 0.4) is 0 Å². The zero-order valence-electron chi connectivity index (χ0n) is 10.2. The maximum Gasteiger partial charge on any atom is 0.233 e. The molecule has 2 fully saturated rings. The number of aromatic nitrogens is 1. The number of nitrogens with zero attached hydrogens (tertiary/aromatic N) is 2. The van der Waals surface area contributed by atoms with Gasteiger partial charge in [0, 0.05) is 12.7 Å². The number of carbonyl (C=O) groups excluding carboxylic acids is 1. The van der Waals surface area contributed by atoms with Gasteiger partial charge in [0.2, 0.25) is 5.91 Å². The fourth-order valence-corrected chi connectivity index (χ4v) is 3.01. The van der Waals surface area contributed by atoms with E-state index in [1.54, 1.807) is 11.0 Å². The number of anilines is 1. The molecule has 0 aromatic carbocycles.